The fraction of sp³-hybridized carbons (Fsp3) is 0.136. The molecule has 2 aromatic heterocycles. The van der Waals surface area contributed by atoms with E-state index in [9.17, 15) is 4.79 Å². The van der Waals surface area contributed by atoms with Gasteiger partial charge >= 0.3 is 0 Å². The summed E-state index contributed by atoms with van der Waals surface area (Å²) in [6, 6.07) is 9.08. The molecule has 2 aromatic carbocycles. The SMILES string of the molecule is [C-]#[N+]c1c(C(=NC)/C(=C\N)c2ccc3c(=O)[nH]nc(CN)c3c2)ccc2c1cnn2C. The lowest BCUT2D eigenvalue weighted by atomic mass is 9.93. The molecule has 0 fully saturated rings. The first-order valence-corrected chi connectivity index (χ1v) is 9.47. The van der Waals surface area contributed by atoms with Crippen LogP contribution in [0.3, 0.4) is 0 Å². The number of aromatic amines is 1. The average molecular weight is 412 g/mol. The molecular formula is C22H20N8O. The zero-order chi connectivity index (χ0) is 22.1. The van der Waals surface area contributed by atoms with Crippen LogP contribution in [-0.2, 0) is 13.6 Å². The Labute approximate surface area is 177 Å². The molecule has 31 heavy (non-hydrogen) atoms. The van der Waals surface area contributed by atoms with Gasteiger partial charge in [-0.25, -0.2) is 9.94 Å². The number of aliphatic imine (C=N–C) groups is 1. The van der Waals surface area contributed by atoms with Crippen LogP contribution < -0.4 is 17.0 Å². The third-order valence-corrected chi connectivity index (χ3v) is 5.29. The number of allylic oxidation sites excluding steroid dienone is 1. The van der Waals surface area contributed by atoms with Gasteiger partial charge in [-0.2, -0.15) is 10.2 Å². The molecule has 2 heterocycles. The number of nitrogens with zero attached hydrogens (tertiary/aromatic N) is 5. The maximum atomic E-state index is 12.2. The minimum absolute atomic E-state index is 0.173. The Hall–Kier alpha value is -4.29. The molecule has 0 atom stereocenters. The van der Waals surface area contributed by atoms with E-state index in [0.717, 1.165) is 16.5 Å². The molecule has 0 bridgehead atoms. The predicted octanol–water partition coefficient (Wildman–Crippen LogP) is 2.24. The second-order valence-electron chi connectivity index (χ2n) is 6.89. The largest absolute Gasteiger partial charge is 0.404 e. The topological polar surface area (TPSA) is 132 Å². The first kappa shape index (κ1) is 20.0. The Balaban J connectivity index is 1.93. The molecule has 5 N–H and O–H groups in total. The Morgan fingerprint density at radius 2 is 2.10 bits per heavy atom. The standard InChI is InChI=1S/C22H20N8O/c1-25-20(14-6-7-19-17(21(14)26-2)11-27-30(19)3)16(9-23)12-4-5-13-15(8-12)18(10-24)28-29-22(13)31/h4-9,11H,10,23-24H2,1,3H3,(H,29,31)/b16-9-,25-20?. The van der Waals surface area contributed by atoms with Gasteiger partial charge in [-0.15, -0.1) is 0 Å². The molecule has 0 saturated heterocycles. The van der Waals surface area contributed by atoms with Gasteiger partial charge in [0.25, 0.3) is 5.56 Å². The van der Waals surface area contributed by atoms with E-state index in [1.165, 1.54) is 6.20 Å². The quantitative estimate of drug-likeness (QED) is 0.349. The number of nitrogens with two attached hydrogens (primary N) is 2. The molecule has 0 aliphatic rings. The summed E-state index contributed by atoms with van der Waals surface area (Å²) in [5.41, 5.74) is 16.0. The molecule has 9 nitrogen and oxygen atoms in total. The summed E-state index contributed by atoms with van der Waals surface area (Å²) in [7, 11) is 3.48. The van der Waals surface area contributed by atoms with Gasteiger partial charge in [0.05, 0.1) is 28.9 Å². The van der Waals surface area contributed by atoms with Gasteiger partial charge in [-0.3, -0.25) is 14.5 Å². The van der Waals surface area contributed by atoms with Gasteiger partial charge in [0.2, 0.25) is 5.69 Å². The second kappa shape index (κ2) is 7.85. The van der Waals surface area contributed by atoms with Crippen LogP contribution in [0.1, 0.15) is 16.8 Å². The van der Waals surface area contributed by atoms with Crippen LogP contribution in [0.15, 0.2) is 52.5 Å². The van der Waals surface area contributed by atoms with E-state index in [1.807, 2.05) is 25.2 Å². The van der Waals surface area contributed by atoms with Gasteiger partial charge in [-0.1, -0.05) is 12.1 Å². The highest BCUT2D eigenvalue weighted by atomic mass is 16.1. The second-order valence-corrected chi connectivity index (χ2v) is 6.89. The fourth-order valence-electron chi connectivity index (χ4n) is 3.77. The number of aromatic nitrogens is 4. The number of rotatable bonds is 4. The van der Waals surface area contributed by atoms with Crippen LogP contribution in [0.4, 0.5) is 5.69 Å². The normalized spacial score (nSPS) is 12.5. The number of hydrogen-bond acceptors (Lipinski definition) is 6. The smallest absolute Gasteiger partial charge is 0.272 e. The molecule has 0 saturated carbocycles. The molecule has 0 amide bonds. The lowest BCUT2D eigenvalue weighted by molar-refractivity contribution is 0.797. The van der Waals surface area contributed by atoms with Gasteiger partial charge < -0.3 is 11.5 Å². The molecule has 154 valence electrons. The third kappa shape index (κ3) is 3.15. The van der Waals surface area contributed by atoms with Gasteiger partial charge in [0.15, 0.2) is 0 Å². The van der Waals surface area contributed by atoms with Crippen molar-refractivity contribution in [1.82, 2.24) is 20.0 Å². The van der Waals surface area contributed by atoms with Crippen molar-refractivity contribution in [3.63, 3.8) is 0 Å². The van der Waals surface area contributed by atoms with E-state index in [1.54, 1.807) is 30.1 Å². The van der Waals surface area contributed by atoms with Crippen LogP contribution in [0.25, 0.3) is 32.1 Å². The zero-order valence-corrected chi connectivity index (χ0v) is 17.0. The highest BCUT2D eigenvalue weighted by Crippen LogP contribution is 2.34. The van der Waals surface area contributed by atoms with Crippen LogP contribution in [-0.4, -0.2) is 32.7 Å². The Kier molecular flexibility index (Phi) is 5.07. The summed E-state index contributed by atoms with van der Waals surface area (Å²) >= 11 is 0. The number of benzene rings is 2. The number of H-pyrrole nitrogens is 1. The van der Waals surface area contributed by atoms with E-state index in [4.69, 9.17) is 18.0 Å². The molecule has 4 rings (SSSR count). The van der Waals surface area contributed by atoms with E-state index in [-0.39, 0.29) is 12.1 Å². The zero-order valence-electron chi connectivity index (χ0n) is 17.0. The van der Waals surface area contributed by atoms with Crippen molar-refractivity contribution in [3.05, 3.63) is 81.3 Å². The highest BCUT2D eigenvalue weighted by Gasteiger charge is 2.19. The van der Waals surface area contributed by atoms with Crippen molar-refractivity contribution in [3.8, 4) is 0 Å². The van der Waals surface area contributed by atoms with Gasteiger partial charge in [-0.05, 0) is 23.8 Å². The maximum Gasteiger partial charge on any atom is 0.272 e. The Bertz CT molecular complexity index is 1480. The number of hydrogen-bond donors (Lipinski definition) is 3. The minimum Gasteiger partial charge on any atom is -0.404 e. The Morgan fingerprint density at radius 3 is 2.77 bits per heavy atom. The monoisotopic (exact) mass is 412 g/mol. The summed E-state index contributed by atoms with van der Waals surface area (Å²) in [6.45, 7) is 7.93. The van der Waals surface area contributed by atoms with Crippen LogP contribution in [0.5, 0.6) is 0 Å². The molecule has 0 aliphatic heterocycles. The van der Waals surface area contributed by atoms with E-state index in [0.29, 0.717) is 39.0 Å². The van der Waals surface area contributed by atoms with Crippen molar-refractivity contribution in [2.75, 3.05) is 7.05 Å². The number of fused-ring (bicyclic) bond motifs is 2. The minimum atomic E-state index is -0.293. The van der Waals surface area contributed by atoms with E-state index >= 15 is 0 Å². The van der Waals surface area contributed by atoms with E-state index in [2.05, 4.69) is 25.1 Å². The van der Waals surface area contributed by atoms with Crippen molar-refractivity contribution in [2.45, 2.75) is 6.54 Å². The first-order chi connectivity index (χ1) is 15.0. The fourth-order valence-corrected chi connectivity index (χ4v) is 3.77. The van der Waals surface area contributed by atoms with Crippen LogP contribution >= 0.6 is 0 Å². The summed E-state index contributed by atoms with van der Waals surface area (Å²) in [6.07, 6.45) is 3.13. The van der Waals surface area contributed by atoms with Crippen LogP contribution in [0.2, 0.25) is 0 Å². The molecule has 4 aromatic rings. The molecular weight excluding hydrogens is 392 g/mol. The van der Waals surface area contributed by atoms with Crippen molar-refractivity contribution in [1.29, 1.82) is 0 Å². The number of nitrogens with one attached hydrogen (secondary N) is 1. The summed E-state index contributed by atoms with van der Waals surface area (Å²) in [5, 5.41) is 12.6. The van der Waals surface area contributed by atoms with Crippen molar-refractivity contribution in [2.24, 2.45) is 23.5 Å². The third-order valence-electron chi connectivity index (χ3n) is 5.29. The average Bonchev–Trinajstić information content (AvgIpc) is 3.17. The Morgan fingerprint density at radius 1 is 1.29 bits per heavy atom. The summed E-state index contributed by atoms with van der Waals surface area (Å²) in [5.74, 6) is 0. The van der Waals surface area contributed by atoms with E-state index < -0.39 is 0 Å². The molecule has 0 radical (unpaired) electrons. The lowest BCUT2D eigenvalue weighted by Gasteiger charge is -2.14. The van der Waals surface area contributed by atoms with Crippen molar-refractivity contribution >= 4 is 38.6 Å². The molecule has 0 spiro atoms. The summed E-state index contributed by atoms with van der Waals surface area (Å²) in [4.78, 5) is 20.4. The maximum absolute atomic E-state index is 12.2. The first-order valence-electron chi connectivity index (χ1n) is 9.47. The number of aryl methyl sites for hydroxylation is 1. The molecule has 0 unspecified atom stereocenters. The lowest BCUT2D eigenvalue weighted by Crippen LogP contribution is -2.14. The molecule has 0 aliphatic carbocycles. The van der Waals surface area contributed by atoms with Crippen LogP contribution in [0, 0.1) is 6.57 Å². The predicted molar refractivity (Wildman–Crippen MR) is 122 cm³/mol. The summed E-state index contributed by atoms with van der Waals surface area (Å²) < 4.78 is 1.72. The molecule has 9 heteroatoms. The van der Waals surface area contributed by atoms with Gasteiger partial charge in [0, 0.05) is 54.9 Å². The highest BCUT2D eigenvalue weighted by molar-refractivity contribution is 6.34. The van der Waals surface area contributed by atoms with Gasteiger partial charge in [0.1, 0.15) is 0 Å². The van der Waals surface area contributed by atoms with Crippen molar-refractivity contribution < 1.29 is 0 Å².